The number of carbonyl (C=O) groups is 1. The molecule has 0 rings (SSSR count). The standard InChI is InChI=1S/C4H10NO6P.2Na/c6-3-5(8)1-4(7)2-12(9,10)11;;/h3-4,7-8H,1-2H2,(H2,9,10,11);;/q;2*+1/p-2. The summed E-state index contributed by atoms with van der Waals surface area (Å²) < 4.78 is 10.0. The molecule has 0 saturated heterocycles. The molecule has 0 aliphatic heterocycles. The molecule has 1 amide bonds. The molecule has 0 radical (unpaired) electrons. The first-order valence-electron chi connectivity index (χ1n) is 2.95. The second kappa shape index (κ2) is 9.74. The molecular formula is C4H8NNa2O6P. The van der Waals surface area contributed by atoms with Gasteiger partial charge in [-0.3, -0.25) is 10.0 Å². The molecule has 1 unspecified atom stereocenters. The number of amides is 1. The Labute approximate surface area is 125 Å². The van der Waals surface area contributed by atoms with Crippen LogP contribution in [-0.4, -0.2) is 40.6 Å². The van der Waals surface area contributed by atoms with Crippen LogP contribution in [0.25, 0.3) is 0 Å². The number of hydrogen-bond donors (Lipinski definition) is 2. The molecule has 0 aromatic rings. The summed E-state index contributed by atoms with van der Waals surface area (Å²) in [6, 6.07) is 0. The van der Waals surface area contributed by atoms with Crippen LogP contribution in [0.2, 0.25) is 0 Å². The number of carbonyl (C=O) groups excluding carboxylic acids is 1. The molecular weight excluding hydrogens is 235 g/mol. The topological polar surface area (TPSA) is 124 Å². The van der Waals surface area contributed by atoms with Crippen molar-refractivity contribution in [3.05, 3.63) is 0 Å². The largest absolute Gasteiger partial charge is 1.00 e. The predicted octanol–water partition coefficient (Wildman–Crippen LogP) is -8.88. The SMILES string of the molecule is O=CN(O)CC(O)CP(=O)([O-])[O-].[Na+].[Na+]. The normalized spacial score (nSPS) is 12.0. The zero-order chi connectivity index (χ0) is 9.78. The van der Waals surface area contributed by atoms with Crippen molar-refractivity contribution >= 4 is 14.0 Å². The summed E-state index contributed by atoms with van der Waals surface area (Å²) in [6.45, 7) is -0.599. The van der Waals surface area contributed by atoms with E-state index in [9.17, 15) is 19.1 Å². The van der Waals surface area contributed by atoms with Gasteiger partial charge >= 0.3 is 59.1 Å². The van der Waals surface area contributed by atoms with E-state index in [0.29, 0.717) is 0 Å². The summed E-state index contributed by atoms with van der Waals surface area (Å²) >= 11 is 0. The number of nitrogens with zero attached hydrogens (tertiary/aromatic N) is 1. The zero-order valence-corrected chi connectivity index (χ0v) is 12.9. The summed E-state index contributed by atoms with van der Waals surface area (Å²) in [5.41, 5.74) is 0. The van der Waals surface area contributed by atoms with Crippen molar-refractivity contribution in [2.75, 3.05) is 12.7 Å². The molecule has 0 aromatic carbocycles. The van der Waals surface area contributed by atoms with Crippen LogP contribution < -0.4 is 68.9 Å². The summed E-state index contributed by atoms with van der Waals surface area (Å²) in [6.07, 6.45) is -2.57. The molecule has 0 heterocycles. The Balaban J connectivity index is -0.000000605. The second-order valence-corrected chi connectivity index (χ2v) is 3.76. The first-order chi connectivity index (χ1) is 5.35. The van der Waals surface area contributed by atoms with Crippen LogP contribution in [0, 0.1) is 0 Å². The van der Waals surface area contributed by atoms with Gasteiger partial charge in [-0.1, -0.05) is 7.60 Å². The number of aliphatic hydroxyl groups is 1. The quantitative estimate of drug-likeness (QED) is 0.162. The fraction of sp³-hybridized carbons (Fsp3) is 0.750. The number of hydrogen-bond acceptors (Lipinski definition) is 6. The van der Waals surface area contributed by atoms with E-state index >= 15 is 0 Å². The molecule has 0 aliphatic rings. The summed E-state index contributed by atoms with van der Waals surface area (Å²) in [7, 11) is -4.79. The van der Waals surface area contributed by atoms with Crippen LogP contribution in [0.4, 0.5) is 0 Å². The van der Waals surface area contributed by atoms with E-state index in [-0.39, 0.29) is 70.6 Å². The molecule has 14 heavy (non-hydrogen) atoms. The Kier molecular flexibility index (Phi) is 14.5. The van der Waals surface area contributed by atoms with Crippen LogP contribution in [0.5, 0.6) is 0 Å². The van der Waals surface area contributed by atoms with Gasteiger partial charge in [-0.25, -0.2) is 5.06 Å². The molecule has 72 valence electrons. The molecule has 0 bridgehead atoms. The maximum atomic E-state index is 10.0. The maximum Gasteiger partial charge on any atom is 1.00 e. The molecule has 0 fully saturated rings. The first-order valence-corrected chi connectivity index (χ1v) is 4.68. The molecule has 2 N–H and O–H groups in total. The molecule has 0 aromatic heterocycles. The Morgan fingerprint density at radius 3 is 2.14 bits per heavy atom. The fourth-order valence-electron chi connectivity index (χ4n) is 0.575. The van der Waals surface area contributed by atoms with Gasteiger partial charge in [0.15, 0.2) is 0 Å². The Morgan fingerprint density at radius 1 is 1.43 bits per heavy atom. The Bertz CT molecular complexity index is 198. The van der Waals surface area contributed by atoms with Crippen LogP contribution in [0.15, 0.2) is 0 Å². The van der Waals surface area contributed by atoms with E-state index in [1.165, 1.54) is 0 Å². The van der Waals surface area contributed by atoms with E-state index in [1.807, 2.05) is 0 Å². The van der Waals surface area contributed by atoms with Gasteiger partial charge in [0.05, 0.1) is 12.6 Å². The van der Waals surface area contributed by atoms with Crippen molar-refractivity contribution in [1.29, 1.82) is 0 Å². The average Bonchev–Trinajstić information content (AvgIpc) is 1.82. The predicted molar refractivity (Wildman–Crippen MR) is 33.0 cm³/mol. The van der Waals surface area contributed by atoms with E-state index in [0.717, 1.165) is 0 Å². The molecule has 0 aliphatic carbocycles. The van der Waals surface area contributed by atoms with Crippen LogP contribution in [0.1, 0.15) is 0 Å². The van der Waals surface area contributed by atoms with Crippen LogP contribution in [-0.2, 0) is 9.36 Å². The minimum absolute atomic E-state index is 0. The van der Waals surface area contributed by atoms with Gasteiger partial charge in [-0.2, -0.15) is 0 Å². The number of rotatable bonds is 5. The van der Waals surface area contributed by atoms with Crippen molar-refractivity contribution in [3.8, 4) is 0 Å². The van der Waals surface area contributed by atoms with Crippen molar-refractivity contribution in [2.24, 2.45) is 0 Å². The summed E-state index contributed by atoms with van der Waals surface area (Å²) in [5.74, 6) is 0. The molecule has 7 nitrogen and oxygen atoms in total. The monoisotopic (exact) mass is 243 g/mol. The van der Waals surface area contributed by atoms with E-state index < -0.39 is 26.4 Å². The fourth-order valence-corrected chi connectivity index (χ4v) is 1.21. The Morgan fingerprint density at radius 2 is 1.86 bits per heavy atom. The summed E-state index contributed by atoms with van der Waals surface area (Å²) in [4.78, 5) is 29.8. The molecule has 0 spiro atoms. The van der Waals surface area contributed by atoms with Crippen molar-refractivity contribution in [2.45, 2.75) is 6.10 Å². The van der Waals surface area contributed by atoms with Gasteiger partial charge in [0, 0.05) is 6.16 Å². The van der Waals surface area contributed by atoms with E-state index in [1.54, 1.807) is 0 Å². The van der Waals surface area contributed by atoms with Crippen LogP contribution in [0.3, 0.4) is 0 Å². The smallest absolute Gasteiger partial charge is 0.811 e. The second-order valence-electron chi connectivity index (χ2n) is 2.17. The van der Waals surface area contributed by atoms with Gasteiger partial charge in [0.25, 0.3) is 0 Å². The van der Waals surface area contributed by atoms with Gasteiger partial charge in [0.2, 0.25) is 6.41 Å². The van der Waals surface area contributed by atoms with Gasteiger partial charge < -0.3 is 19.5 Å². The first kappa shape index (κ1) is 20.9. The van der Waals surface area contributed by atoms with E-state index in [4.69, 9.17) is 10.3 Å². The third kappa shape index (κ3) is 13.5. The number of hydroxylamine groups is 2. The van der Waals surface area contributed by atoms with Gasteiger partial charge in [0.1, 0.15) is 0 Å². The zero-order valence-electron chi connectivity index (χ0n) is 7.99. The van der Waals surface area contributed by atoms with Crippen LogP contribution >= 0.6 is 7.60 Å². The third-order valence-corrected chi connectivity index (χ3v) is 1.82. The summed E-state index contributed by atoms with van der Waals surface area (Å²) in [5, 5.41) is 17.2. The maximum absolute atomic E-state index is 10.0. The average molecular weight is 243 g/mol. The minimum atomic E-state index is -4.79. The van der Waals surface area contributed by atoms with E-state index in [2.05, 4.69) is 0 Å². The number of aliphatic hydroxyl groups excluding tert-OH is 1. The van der Waals surface area contributed by atoms with Crippen molar-refractivity contribution in [1.82, 2.24) is 5.06 Å². The molecule has 10 heteroatoms. The third-order valence-electron chi connectivity index (χ3n) is 0.954. The minimum Gasteiger partial charge on any atom is -0.811 e. The van der Waals surface area contributed by atoms with Crippen molar-refractivity contribution < 1.29 is 88.6 Å². The Hall–Kier alpha value is 1.54. The van der Waals surface area contributed by atoms with Crippen molar-refractivity contribution in [3.63, 3.8) is 0 Å². The van der Waals surface area contributed by atoms with Gasteiger partial charge in [-0.15, -0.1) is 0 Å². The molecule has 1 atom stereocenters. The van der Waals surface area contributed by atoms with Gasteiger partial charge in [-0.05, 0) is 0 Å². The molecule has 0 saturated carbocycles.